The Balaban J connectivity index is 1.89. The van der Waals surface area contributed by atoms with Crippen LogP contribution in [0.2, 0.25) is 0 Å². The molecule has 0 fully saturated rings. The highest BCUT2D eigenvalue weighted by atomic mass is 16.5. The summed E-state index contributed by atoms with van der Waals surface area (Å²) in [4.78, 5) is 34.8. The average Bonchev–Trinajstić information content (AvgIpc) is 2.54. The molecule has 0 aromatic heterocycles. The molecule has 0 radical (unpaired) electrons. The van der Waals surface area contributed by atoms with Gasteiger partial charge in [-0.05, 0) is 37.3 Å². The molecule has 2 aromatic carbocycles. The van der Waals surface area contributed by atoms with Crippen LogP contribution >= 0.6 is 0 Å². The number of esters is 1. The highest BCUT2D eigenvalue weighted by molar-refractivity contribution is 5.96. The smallest absolute Gasteiger partial charge is 0.338 e. The Hall–Kier alpha value is -3.15. The highest BCUT2D eigenvalue weighted by Gasteiger charge is 2.11. The van der Waals surface area contributed by atoms with Gasteiger partial charge in [-0.2, -0.15) is 0 Å². The van der Waals surface area contributed by atoms with Crippen LogP contribution in [0.4, 0.5) is 11.4 Å². The molecule has 0 unspecified atom stereocenters. The lowest BCUT2D eigenvalue weighted by molar-refractivity contribution is -0.119. The average molecular weight is 326 g/mol. The number of benzene rings is 2. The van der Waals surface area contributed by atoms with Crippen molar-refractivity contribution in [1.82, 2.24) is 0 Å². The first-order valence-corrected chi connectivity index (χ1v) is 7.35. The van der Waals surface area contributed by atoms with E-state index in [1.54, 1.807) is 30.3 Å². The summed E-state index contributed by atoms with van der Waals surface area (Å²) in [5.41, 5.74) is 2.46. The van der Waals surface area contributed by atoms with E-state index in [-0.39, 0.29) is 11.5 Å². The highest BCUT2D eigenvalue weighted by Crippen LogP contribution is 2.12. The lowest BCUT2D eigenvalue weighted by Gasteiger charge is -2.08. The molecule has 0 aliphatic heterocycles. The lowest BCUT2D eigenvalue weighted by Crippen LogP contribution is -2.21. The first-order valence-electron chi connectivity index (χ1n) is 7.35. The largest absolute Gasteiger partial charge is 0.452 e. The summed E-state index contributed by atoms with van der Waals surface area (Å²) in [6, 6.07) is 13.6. The van der Waals surface area contributed by atoms with E-state index in [0.29, 0.717) is 11.4 Å². The van der Waals surface area contributed by atoms with E-state index in [2.05, 4.69) is 10.6 Å². The quantitative estimate of drug-likeness (QED) is 0.828. The van der Waals surface area contributed by atoms with E-state index in [0.717, 1.165) is 5.56 Å². The van der Waals surface area contributed by atoms with E-state index in [1.807, 2.05) is 19.1 Å². The zero-order valence-corrected chi connectivity index (χ0v) is 13.5. The van der Waals surface area contributed by atoms with Crippen molar-refractivity contribution in [1.29, 1.82) is 0 Å². The maximum Gasteiger partial charge on any atom is 0.338 e. The van der Waals surface area contributed by atoms with Crippen molar-refractivity contribution >= 4 is 29.2 Å². The van der Waals surface area contributed by atoms with Crippen LogP contribution in [-0.4, -0.2) is 24.4 Å². The predicted octanol–water partition coefficient (Wildman–Crippen LogP) is 2.75. The number of amides is 2. The van der Waals surface area contributed by atoms with Gasteiger partial charge in [-0.25, -0.2) is 4.79 Å². The molecule has 0 atom stereocenters. The summed E-state index contributed by atoms with van der Waals surface area (Å²) in [6.07, 6.45) is 0. The number of hydrogen-bond acceptors (Lipinski definition) is 4. The normalized spacial score (nSPS) is 9.92. The van der Waals surface area contributed by atoms with Gasteiger partial charge in [0.05, 0.1) is 5.56 Å². The second kappa shape index (κ2) is 7.92. The van der Waals surface area contributed by atoms with Crippen molar-refractivity contribution in [3.8, 4) is 0 Å². The Morgan fingerprint density at radius 3 is 2.33 bits per heavy atom. The lowest BCUT2D eigenvalue weighted by atomic mass is 10.2. The molecular formula is C18H18N2O4. The zero-order valence-electron chi connectivity index (χ0n) is 13.5. The third-order valence-electron chi connectivity index (χ3n) is 3.09. The second-order valence-corrected chi connectivity index (χ2v) is 5.25. The summed E-state index contributed by atoms with van der Waals surface area (Å²) >= 11 is 0. The Bertz CT molecular complexity index is 754. The minimum absolute atomic E-state index is 0.238. The van der Waals surface area contributed by atoms with Gasteiger partial charge in [-0.15, -0.1) is 0 Å². The molecule has 0 bridgehead atoms. The molecular weight excluding hydrogens is 308 g/mol. The Labute approximate surface area is 139 Å². The third kappa shape index (κ3) is 5.24. The minimum atomic E-state index is -0.638. The Morgan fingerprint density at radius 2 is 1.67 bits per heavy atom. The number of carbonyl (C=O) groups excluding carboxylic acids is 3. The van der Waals surface area contributed by atoms with Crippen LogP contribution in [0.25, 0.3) is 0 Å². The molecule has 6 heteroatoms. The van der Waals surface area contributed by atoms with Crippen molar-refractivity contribution in [2.75, 3.05) is 17.2 Å². The summed E-state index contributed by atoms with van der Waals surface area (Å²) in [5, 5.41) is 5.22. The molecule has 2 aromatic rings. The number of hydrogen-bond donors (Lipinski definition) is 2. The molecule has 124 valence electrons. The summed E-state index contributed by atoms with van der Waals surface area (Å²) in [6.45, 7) is 2.93. The molecule has 0 spiro atoms. The third-order valence-corrected chi connectivity index (χ3v) is 3.09. The van der Waals surface area contributed by atoms with Crippen LogP contribution in [-0.2, 0) is 14.3 Å². The van der Waals surface area contributed by atoms with Crippen LogP contribution in [0.1, 0.15) is 22.8 Å². The molecule has 0 saturated carbocycles. The van der Waals surface area contributed by atoms with E-state index in [9.17, 15) is 14.4 Å². The van der Waals surface area contributed by atoms with Gasteiger partial charge < -0.3 is 15.4 Å². The fourth-order valence-electron chi connectivity index (χ4n) is 1.98. The zero-order chi connectivity index (χ0) is 17.5. The predicted molar refractivity (Wildman–Crippen MR) is 90.8 cm³/mol. The van der Waals surface area contributed by atoms with Gasteiger partial charge in [0, 0.05) is 18.3 Å². The molecule has 0 aliphatic rings. The molecule has 2 rings (SSSR count). The molecule has 0 heterocycles. The summed E-state index contributed by atoms with van der Waals surface area (Å²) < 4.78 is 4.98. The van der Waals surface area contributed by atoms with Gasteiger partial charge in [0.25, 0.3) is 5.91 Å². The SMILES string of the molecule is CC(=O)Nc1cccc(C(=O)OCC(=O)Nc2ccc(C)cc2)c1. The number of nitrogens with one attached hydrogen (secondary N) is 2. The fraction of sp³-hybridized carbons (Fsp3) is 0.167. The molecule has 2 amide bonds. The van der Waals surface area contributed by atoms with Gasteiger partial charge in [-0.1, -0.05) is 23.8 Å². The number of anilines is 2. The number of ether oxygens (including phenoxy) is 1. The second-order valence-electron chi connectivity index (χ2n) is 5.25. The van der Waals surface area contributed by atoms with E-state index in [1.165, 1.54) is 13.0 Å². The molecule has 0 saturated heterocycles. The van der Waals surface area contributed by atoms with Gasteiger partial charge in [0.15, 0.2) is 6.61 Å². The van der Waals surface area contributed by atoms with E-state index < -0.39 is 18.5 Å². The van der Waals surface area contributed by atoms with Crippen LogP contribution in [0.5, 0.6) is 0 Å². The maximum atomic E-state index is 12.0. The molecule has 0 aliphatic carbocycles. The van der Waals surface area contributed by atoms with Gasteiger partial charge in [0.2, 0.25) is 5.91 Å². The van der Waals surface area contributed by atoms with E-state index >= 15 is 0 Å². The van der Waals surface area contributed by atoms with Crippen molar-refractivity contribution < 1.29 is 19.1 Å². The molecule has 24 heavy (non-hydrogen) atoms. The van der Waals surface area contributed by atoms with Crippen molar-refractivity contribution in [2.24, 2.45) is 0 Å². The standard InChI is InChI=1S/C18H18N2O4/c1-12-6-8-15(9-7-12)20-17(22)11-24-18(23)14-4-3-5-16(10-14)19-13(2)21/h3-10H,11H2,1-2H3,(H,19,21)(H,20,22). The van der Waals surface area contributed by atoms with Crippen LogP contribution < -0.4 is 10.6 Å². The molecule has 6 nitrogen and oxygen atoms in total. The first kappa shape index (κ1) is 17.2. The fourth-order valence-corrected chi connectivity index (χ4v) is 1.98. The number of aryl methyl sites for hydroxylation is 1. The molecule has 2 N–H and O–H groups in total. The number of carbonyl (C=O) groups is 3. The van der Waals surface area contributed by atoms with Gasteiger partial charge in [0.1, 0.15) is 0 Å². The number of rotatable bonds is 5. The first-order chi connectivity index (χ1) is 11.4. The van der Waals surface area contributed by atoms with Gasteiger partial charge >= 0.3 is 5.97 Å². The van der Waals surface area contributed by atoms with Crippen molar-refractivity contribution in [3.05, 3.63) is 59.7 Å². The summed E-state index contributed by atoms with van der Waals surface area (Å²) in [5.74, 6) is -1.30. The van der Waals surface area contributed by atoms with Gasteiger partial charge in [-0.3, -0.25) is 9.59 Å². The van der Waals surface area contributed by atoms with Crippen LogP contribution in [0.3, 0.4) is 0 Å². The maximum absolute atomic E-state index is 12.0. The Kier molecular flexibility index (Phi) is 5.68. The van der Waals surface area contributed by atoms with E-state index in [4.69, 9.17) is 4.74 Å². The minimum Gasteiger partial charge on any atom is -0.452 e. The topological polar surface area (TPSA) is 84.5 Å². The summed E-state index contributed by atoms with van der Waals surface area (Å²) in [7, 11) is 0. The van der Waals surface area contributed by atoms with Crippen LogP contribution in [0.15, 0.2) is 48.5 Å². The van der Waals surface area contributed by atoms with Crippen molar-refractivity contribution in [2.45, 2.75) is 13.8 Å². The van der Waals surface area contributed by atoms with Crippen molar-refractivity contribution in [3.63, 3.8) is 0 Å². The Morgan fingerprint density at radius 1 is 0.958 bits per heavy atom. The monoisotopic (exact) mass is 326 g/mol. The van der Waals surface area contributed by atoms with Crippen LogP contribution in [0, 0.1) is 6.92 Å².